The van der Waals surface area contributed by atoms with E-state index in [4.69, 9.17) is 4.74 Å². The third kappa shape index (κ3) is 2.28. The molecule has 1 aliphatic rings. The van der Waals surface area contributed by atoms with Crippen LogP contribution in [0.25, 0.3) is 0 Å². The van der Waals surface area contributed by atoms with Gasteiger partial charge in [-0.25, -0.2) is 8.78 Å². The highest BCUT2D eigenvalue weighted by molar-refractivity contribution is 9.10. The third-order valence-electron chi connectivity index (χ3n) is 3.16. The fraction of sp³-hybridized carbons (Fsp3) is 0.462. The first kappa shape index (κ1) is 13.5. The Morgan fingerprint density at radius 3 is 2.61 bits per heavy atom. The van der Waals surface area contributed by atoms with Crippen LogP contribution in [0.2, 0.25) is 0 Å². The zero-order valence-corrected chi connectivity index (χ0v) is 11.5. The monoisotopic (exact) mass is 318 g/mol. The lowest BCUT2D eigenvalue weighted by Crippen LogP contribution is -2.55. The largest absolute Gasteiger partial charge is 0.465 e. The van der Waals surface area contributed by atoms with E-state index in [1.54, 1.807) is 31.2 Å². The van der Waals surface area contributed by atoms with Gasteiger partial charge in [0.15, 0.2) is 0 Å². The molecule has 0 spiro atoms. The quantitative estimate of drug-likeness (QED) is 0.795. The molecule has 0 aromatic heterocycles. The number of hydrogen-bond acceptors (Lipinski definition) is 2. The summed E-state index contributed by atoms with van der Waals surface area (Å²) in [6, 6.07) is 6.92. The van der Waals surface area contributed by atoms with Crippen molar-refractivity contribution >= 4 is 21.9 Å². The zero-order valence-electron chi connectivity index (χ0n) is 9.88. The summed E-state index contributed by atoms with van der Waals surface area (Å²) in [5, 5.41) is 0. The number of halogens is 3. The molecule has 0 unspecified atom stereocenters. The molecule has 1 aromatic carbocycles. The van der Waals surface area contributed by atoms with Gasteiger partial charge in [-0.05, 0) is 24.6 Å². The maximum atomic E-state index is 13.2. The van der Waals surface area contributed by atoms with E-state index in [2.05, 4.69) is 15.9 Å². The van der Waals surface area contributed by atoms with E-state index in [1.165, 1.54) is 0 Å². The number of alkyl halides is 2. The molecule has 0 N–H and O–H groups in total. The van der Waals surface area contributed by atoms with Gasteiger partial charge in [0.25, 0.3) is 5.92 Å². The van der Waals surface area contributed by atoms with Gasteiger partial charge in [-0.1, -0.05) is 28.1 Å². The molecule has 2 nitrogen and oxygen atoms in total. The first-order valence-corrected chi connectivity index (χ1v) is 6.50. The fourth-order valence-corrected chi connectivity index (χ4v) is 2.75. The SMILES string of the molecule is CCOC(=O)C1(c2cccc(Br)c2)CC(F)(F)C1. The van der Waals surface area contributed by atoms with Gasteiger partial charge in [-0.3, -0.25) is 4.79 Å². The van der Waals surface area contributed by atoms with Crippen molar-refractivity contribution in [2.45, 2.75) is 31.1 Å². The molecule has 98 valence electrons. The number of rotatable bonds is 3. The number of carbonyl (C=O) groups excluding carboxylic acids is 1. The molecule has 0 radical (unpaired) electrons. The van der Waals surface area contributed by atoms with Crippen LogP contribution < -0.4 is 0 Å². The lowest BCUT2D eigenvalue weighted by atomic mass is 9.62. The van der Waals surface area contributed by atoms with Crippen LogP contribution in [0.15, 0.2) is 28.7 Å². The van der Waals surface area contributed by atoms with Crippen LogP contribution in [-0.4, -0.2) is 18.5 Å². The lowest BCUT2D eigenvalue weighted by Gasteiger charge is -2.45. The predicted octanol–water partition coefficient (Wildman–Crippen LogP) is 3.68. The molecule has 1 saturated carbocycles. The van der Waals surface area contributed by atoms with Crippen molar-refractivity contribution in [3.8, 4) is 0 Å². The summed E-state index contributed by atoms with van der Waals surface area (Å²) in [6.07, 6.45) is -0.954. The minimum Gasteiger partial charge on any atom is -0.465 e. The minimum atomic E-state index is -2.78. The molecule has 5 heteroatoms. The molecule has 0 atom stereocenters. The topological polar surface area (TPSA) is 26.3 Å². The number of esters is 1. The van der Waals surface area contributed by atoms with Gasteiger partial charge in [0.1, 0.15) is 5.41 Å². The highest BCUT2D eigenvalue weighted by Crippen LogP contribution is 2.54. The highest BCUT2D eigenvalue weighted by Gasteiger charge is 2.62. The Kier molecular flexibility index (Phi) is 3.45. The van der Waals surface area contributed by atoms with Gasteiger partial charge in [0.05, 0.1) is 6.61 Å². The molecule has 1 aliphatic carbocycles. The summed E-state index contributed by atoms with van der Waals surface area (Å²) in [6.45, 7) is 1.86. The Morgan fingerprint density at radius 2 is 2.11 bits per heavy atom. The van der Waals surface area contributed by atoms with Crippen LogP contribution in [-0.2, 0) is 14.9 Å². The molecule has 2 rings (SSSR count). The van der Waals surface area contributed by atoms with Crippen molar-refractivity contribution in [3.63, 3.8) is 0 Å². The number of carbonyl (C=O) groups is 1. The Morgan fingerprint density at radius 1 is 1.44 bits per heavy atom. The van der Waals surface area contributed by atoms with Crippen molar-refractivity contribution in [2.24, 2.45) is 0 Å². The number of ether oxygens (including phenoxy) is 1. The average molecular weight is 319 g/mol. The second kappa shape index (κ2) is 4.61. The molecule has 1 aromatic rings. The van der Waals surface area contributed by atoms with Crippen LogP contribution in [0.5, 0.6) is 0 Å². The van der Waals surface area contributed by atoms with E-state index in [0.29, 0.717) is 5.56 Å². The third-order valence-corrected chi connectivity index (χ3v) is 3.66. The van der Waals surface area contributed by atoms with Gasteiger partial charge in [-0.2, -0.15) is 0 Å². The van der Waals surface area contributed by atoms with E-state index < -0.39 is 30.1 Å². The summed E-state index contributed by atoms with van der Waals surface area (Å²) in [5.41, 5.74) is -0.607. The van der Waals surface area contributed by atoms with Crippen LogP contribution >= 0.6 is 15.9 Å². The predicted molar refractivity (Wildman–Crippen MR) is 66.6 cm³/mol. The smallest absolute Gasteiger partial charge is 0.317 e. The van der Waals surface area contributed by atoms with E-state index in [0.717, 1.165) is 4.47 Å². The molecule has 0 amide bonds. The second-order valence-electron chi connectivity index (χ2n) is 4.52. The molecule has 18 heavy (non-hydrogen) atoms. The van der Waals surface area contributed by atoms with E-state index >= 15 is 0 Å². The second-order valence-corrected chi connectivity index (χ2v) is 5.44. The van der Waals surface area contributed by atoms with Gasteiger partial charge in [0.2, 0.25) is 0 Å². The van der Waals surface area contributed by atoms with E-state index in [9.17, 15) is 13.6 Å². The average Bonchev–Trinajstić information content (AvgIpc) is 2.25. The van der Waals surface area contributed by atoms with Crippen molar-refractivity contribution in [3.05, 3.63) is 34.3 Å². The van der Waals surface area contributed by atoms with Crippen LogP contribution in [0.4, 0.5) is 8.78 Å². The van der Waals surface area contributed by atoms with E-state index in [1.807, 2.05) is 0 Å². The summed E-state index contributed by atoms with van der Waals surface area (Å²) in [7, 11) is 0. The van der Waals surface area contributed by atoms with Gasteiger partial charge >= 0.3 is 5.97 Å². The zero-order chi connectivity index (χ0) is 13.4. The van der Waals surface area contributed by atoms with Crippen LogP contribution in [0, 0.1) is 0 Å². The summed E-state index contributed by atoms with van der Waals surface area (Å²) in [5.74, 6) is -3.34. The maximum Gasteiger partial charge on any atom is 0.317 e. The molecule has 0 heterocycles. The van der Waals surface area contributed by atoms with Crippen molar-refractivity contribution in [2.75, 3.05) is 6.61 Å². The Labute approximate surface area is 112 Å². The molecule has 0 saturated heterocycles. The van der Waals surface area contributed by atoms with Crippen LogP contribution in [0.3, 0.4) is 0 Å². The molecular weight excluding hydrogens is 306 g/mol. The maximum absolute atomic E-state index is 13.2. The molecular formula is C13H13BrF2O2. The van der Waals surface area contributed by atoms with Gasteiger partial charge < -0.3 is 4.74 Å². The molecule has 1 fully saturated rings. The molecule has 0 bridgehead atoms. The van der Waals surface area contributed by atoms with E-state index in [-0.39, 0.29) is 6.61 Å². The Hall–Kier alpha value is -0.970. The lowest BCUT2D eigenvalue weighted by molar-refractivity contribution is -0.179. The van der Waals surface area contributed by atoms with Crippen molar-refractivity contribution in [1.29, 1.82) is 0 Å². The van der Waals surface area contributed by atoms with Gasteiger partial charge in [0, 0.05) is 17.3 Å². The minimum absolute atomic E-state index is 0.195. The van der Waals surface area contributed by atoms with Crippen molar-refractivity contribution in [1.82, 2.24) is 0 Å². The summed E-state index contributed by atoms with van der Waals surface area (Å²) in [4.78, 5) is 12.0. The normalized spacial score (nSPS) is 20.0. The number of hydrogen-bond donors (Lipinski definition) is 0. The first-order valence-electron chi connectivity index (χ1n) is 5.71. The number of benzene rings is 1. The fourth-order valence-electron chi connectivity index (χ4n) is 2.35. The standard InChI is InChI=1S/C13H13BrF2O2/c1-2-18-11(17)12(7-13(15,16)8-12)9-4-3-5-10(14)6-9/h3-6H,2,7-8H2,1H3. The Bertz CT molecular complexity index is 466. The molecule has 0 aliphatic heterocycles. The summed E-state index contributed by atoms with van der Waals surface area (Å²) >= 11 is 3.28. The van der Waals surface area contributed by atoms with Crippen molar-refractivity contribution < 1.29 is 18.3 Å². The summed E-state index contributed by atoms with van der Waals surface area (Å²) < 4.78 is 32.1. The van der Waals surface area contributed by atoms with Gasteiger partial charge in [-0.15, -0.1) is 0 Å². The van der Waals surface area contributed by atoms with Crippen LogP contribution in [0.1, 0.15) is 25.3 Å². The Balaban J connectivity index is 2.35. The first-order chi connectivity index (χ1) is 8.39. The highest BCUT2D eigenvalue weighted by atomic mass is 79.9.